The van der Waals surface area contributed by atoms with Gasteiger partial charge in [-0.25, -0.2) is 0 Å². The second-order valence-corrected chi connectivity index (χ2v) is 5.74. The van der Waals surface area contributed by atoms with E-state index in [4.69, 9.17) is 0 Å². The molecule has 0 heterocycles. The highest BCUT2D eigenvalue weighted by Gasteiger charge is 2.26. The number of hydrogen-bond acceptors (Lipinski definition) is 2. The van der Waals surface area contributed by atoms with E-state index in [1.807, 2.05) is 6.92 Å². The van der Waals surface area contributed by atoms with Crippen molar-refractivity contribution in [3.63, 3.8) is 0 Å². The van der Waals surface area contributed by atoms with Gasteiger partial charge in [0.1, 0.15) is 0 Å². The maximum atomic E-state index is 12.1. The smallest absolute Gasteiger partial charge is 0.166 e. The molecule has 2 aliphatic rings. The standard InChI is InChI=1S/C18H20O2/c1-2-16(19)18-15(7-4-8-17(18)20)14-10-9-12-5-3-6-13(12)11-14/h9-11H,2-8H2,1H3. The molecule has 20 heavy (non-hydrogen) atoms. The summed E-state index contributed by atoms with van der Waals surface area (Å²) < 4.78 is 0. The molecular formula is C18H20O2. The Kier molecular flexibility index (Phi) is 3.56. The fourth-order valence-corrected chi connectivity index (χ4v) is 3.39. The zero-order valence-electron chi connectivity index (χ0n) is 12.0. The number of benzene rings is 1. The third-order valence-electron chi connectivity index (χ3n) is 4.46. The van der Waals surface area contributed by atoms with Crippen molar-refractivity contribution in [3.05, 3.63) is 40.5 Å². The Balaban J connectivity index is 2.09. The van der Waals surface area contributed by atoms with Crippen molar-refractivity contribution < 1.29 is 9.59 Å². The molecule has 0 amide bonds. The minimum atomic E-state index is 0.00481. The third-order valence-corrected chi connectivity index (χ3v) is 4.46. The van der Waals surface area contributed by atoms with E-state index in [9.17, 15) is 9.59 Å². The minimum absolute atomic E-state index is 0.00481. The second kappa shape index (κ2) is 5.35. The van der Waals surface area contributed by atoms with Crippen LogP contribution in [-0.4, -0.2) is 11.6 Å². The molecule has 0 bridgehead atoms. The van der Waals surface area contributed by atoms with E-state index in [1.165, 1.54) is 17.5 Å². The molecule has 104 valence electrons. The lowest BCUT2D eigenvalue weighted by Crippen LogP contribution is -2.18. The van der Waals surface area contributed by atoms with Gasteiger partial charge in [0.2, 0.25) is 0 Å². The summed E-state index contributed by atoms with van der Waals surface area (Å²) in [5.74, 6) is 0.0452. The number of hydrogen-bond donors (Lipinski definition) is 0. The lowest BCUT2D eigenvalue weighted by atomic mass is 9.83. The predicted octanol–water partition coefficient (Wildman–Crippen LogP) is 3.66. The van der Waals surface area contributed by atoms with Crippen LogP contribution in [0.3, 0.4) is 0 Å². The molecular weight excluding hydrogens is 248 g/mol. The summed E-state index contributed by atoms with van der Waals surface area (Å²) >= 11 is 0. The largest absolute Gasteiger partial charge is 0.294 e. The number of aryl methyl sites for hydroxylation is 2. The van der Waals surface area contributed by atoms with Gasteiger partial charge in [0.05, 0.1) is 5.57 Å². The van der Waals surface area contributed by atoms with Gasteiger partial charge in [-0.15, -0.1) is 0 Å². The number of Topliss-reactive ketones (excluding diaryl/α,β-unsaturated/α-hetero) is 2. The summed E-state index contributed by atoms with van der Waals surface area (Å²) in [5.41, 5.74) is 5.39. The highest BCUT2D eigenvalue weighted by Crippen LogP contribution is 2.34. The second-order valence-electron chi connectivity index (χ2n) is 5.74. The van der Waals surface area contributed by atoms with E-state index in [2.05, 4.69) is 18.2 Å². The number of rotatable bonds is 3. The predicted molar refractivity (Wildman–Crippen MR) is 79.5 cm³/mol. The minimum Gasteiger partial charge on any atom is -0.294 e. The Bertz CT molecular complexity index is 608. The van der Waals surface area contributed by atoms with Crippen molar-refractivity contribution in [1.82, 2.24) is 0 Å². The Morgan fingerprint density at radius 3 is 2.60 bits per heavy atom. The van der Waals surface area contributed by atoms with E-state index in [-0.39, 0.29) is 11.6 Å². The number of fused-ring (bicyclic) bond motifs is 1. The highest BCUT2D eigenvalue weighted by molar-refractivity contribution is 6.25. The molecule has 1 aromatic rings. The molecule has 0 fully saturated rings. The molecule has 0 aromatic heterocycles. The summed E-state index contributed by atoms with van der Waals surface area (Å²) in [5, 5.41) is 0. The van der Waals surface area contributed by atoms with Gasteiger partial charge in [-0.2, -0.15) is 0 Å². The molecule has 0 radical (unpaired) electrons. The zero-order valence-corrected chi connectivity index (χ0v) is 12.0. The Morgan fingerprint density at radius 2 is 1.80 bits per heavy atom. The van der Waals surface area contributed by atoms with E-state index in [0.717, 1.165) is 36.8 Å². The molecule has 0 aliphatic heterocycles. The van der Waals surface area contributed by atoms with Crippen molar-refractivity contribution in [2.45, 2.75) is 51.9 Å². The van der Waals surface area contributed by atoms with Crippen molar-refractivity contribution in [3.8, 4) is 0 Å². The summed E-state index contributed by atoms with van der Waals surface area (Å²) in [6.45, 7) is 1.83. The van der Waals surface area contributed by atoms with Crippen LogP contribution in [0.15, 0.2) is 23.8 Å². The molecule has 2 aliphatic carbocycles. The normalized spacial score (nSPS) is 18.4. The summed E-state index contributed by atoms with van der Waals surface area (Å²) in [6, 6.07) is 6.48. The van der Waals surface area contributed by atoms with Crippen LogP contribution in [0.25, 0.3) is 5.57 Å². The monoisotopic (exact) mass is 268 g/mol. The Morgan fingerprint density at radius 1 is 1.05 bits per heavy atom. The first-order valence-corrected chi connectivity index (χ1v) is 7.62. The van der Waals surface area contributed by atoms with Gasteiger partial charge in [0.25, 0.3) is 0 Å². The number of carbonyl (C=O) groups excluding carboxylic acids is 2. The fraction of sp³-hybridized carbons (Fsp3) is 0.444. The summed E-state index contributed by atoms with van der Waals surface area (Å²) in [4.78, 5) is 24.2. The van der Waals surface area contributed by atoms with E-state index >= 15 is 0 Å². The third kappa shape index (κ3) is 2.24. The molecule has 3 rings (SSSR count). The molecule has 0 saturated heterocycles. The van der Waals surface area contributed by atoms with Gasteiger partial charge in [0.15, 0.2) is 11.6 Å². The van der Waals surface area contributed by atoms with Crippen LogP contribution in [0, 0.1) is 0 Å². The molecule has 0 atom stereocenters. The first kappa shape index (κ1) is 13.3. The van der Waals surface area contributed by atoms with Gasteiger partial charge in [-0.1, -0.05) is 25.1 Å². The molecule has 0 spiro atoms. The molecule has 0 unspecified atom stereocenters. The molecule has 2 nitrogen and oxygen atoms in total. The topological polar surface area (TPSA) is 34.1 Å². The number of carbonyl (C=O) groups is 2. The van der Waals surface area contributed by atoms with Crippen molar-refractivity contribution >= 4 is 17.1 Å². The van der Waals surface area contributed by atoms with E-state index in [1.54, 1.807) is 0 Å². The fourth-order valence-electron chi connectivity index (χ4n) is 3.39. The lowest BCUT2D eigenvalue weighted by molar-refractivity contribution is -0.121. The Hall–Kier alpha value is -1.70. The first-order chi connectivity index (χ1) is 9.70. The first-order valence-electron chi connectivity index (χ1n) is 7.62. The maximum absolute atomic E-state index is 12.1. The quantitative estimate of drug-likeness (QED) is 0.784. The van der Waals surface area contributed by atoms with Crippen molar-refractivity contribution in [2.24, 2.45) is 0 Å². The SMILES string of the molecule is CCC(=O)C1=C(c2ccc3c(c2)CCC3)CCCC1=O. The van der Waals surface area contributed by atoms with Crippen LogP contribution in [0.5, 0.6) is 0 Å². The van der Waals surface area contributed by atoms with Crippen LogP contribution < -0.4 is 0 Å². The molecule has 0 N–H and O–H groups in total. The average Bonchev–Trinajstić information content (AvgIpc) is 2.93. The van der Waals surface area contributed by atoms with Crippen LogP contribution in [-0.2, 0) is 22.4 Å². The summed E-state index contributed by atoms with van der Waals surface area (Å²) in [7, 11) is 0. The maximum Gasteiger partial charge on any atom is 0.166 e. The average molecular weight is 268 g/mol. The highest BCUT2D eigenvalue weighted by atomic mass is 16.1. The van der Waals surface area contributed by atoms with Gasteiger partial charge >= 0.3 is 0 Å². The van der Waals surface area contributed by atoms with Crippen molar-refractivity contribution in [1.29, 1.82) is 0 Å². The Labute approximate surface area is 119 Å². The number of allylic oxidation sites excluding steroid dienone is 2. The van der Waals surface area contributed by atoms with Crippen LogP contribution >= 0.6 is 0 Å². The van der Waals surface area contributed by atoms with Crippen LogP contribution in [0.1, 0.15) is 55.7 Å². The summed E-state index contributed by atoms with van der Waals surface area (Å²) in [6.07, 6.45) is 6.16. The van der Waals surface area contributed by atoms with Gasteiger partial charge in [-0.3, -0.25) is 9.59 Å². The van der Waals surface area contributed by atoms with Crippen LogP contribution in [0.4, 0.5) is 0 Å². The van der Waals surface area contributed by atoms with Gasteiger partial charge in [0, 0.05) is 12.8 Å². The lowest BCUT2D eigenvalue weighted by Gasteiger charge is -2.19. The molecule has 1 aromatic carbocycles. The van der Waals surface area contributed by atoms with Gasteiger partial charge in [-0.05, 0) is 54.4 Å². The molecule has 2 heteroatoms. The number of ketones is 2. The van der Waals surface area contributed by atoms with Crippen LogP contribution in [0.2, 0.25) is 0 Å². The molecule has 0 saturated carbocycles. The van der Waals surface area contributed by atoms with Gasteiger partial charge < -0.3 is 0 Å². The van der Waals surface area contributed by atoms with E-state index in [0.29, 0.717) is 18.4 Å². The zero-order chi connectivity index (χ0) is 14.1. The van der Waals surface area contributed by atoms with Crippen molar-refractivity contribution in [2.75, 3.05) is 0 Å². The van der Waals surface area contributed by atoms with E-state index < -0.39 is 0 Å².